The second-order valence-corrected chi connectivity index (χ2v) is 3.01. The van der Waals surface area contributed by atoms with Crippen molar-refractivity contribution in [3.05, 3.63) is 0 Å². The lowest BCUT2D eigenvalue weighted by Crippen LogP contribution is -2.18. The lowest BCUT2D eigenvalue weighted by Gasteiger charge is -2.28. The van der Waals surface area contributed by atoms with Crippen molar-refractivity contribution in [3.63, 3.8) is 0 Å². The molecule has 0 heterocycles. The van der Waals surface area contributed by atoms with Crippen molar-refractivity contribution >= 4 is 0 Å². The van der Waals surface area contributed by atoms with Gasteiger partial charge in [-0.1, -0.05) is 40.0 Å². The summed E-state index contributed by atoms with van der Waals surface area (Å²) in [6, 6.07) is 0. The lowest BCUT2D eigenvalue weighted by molar-refractivity contribution is 0.116. The van der Waals surface area contributed by atoms with Crippen LogP contribution in [0.5, 0.6) is 0 Å². The highest BCUT2D eigenvalue weighted by Crippen LogP contribution is 2.33. The van der Waals surface area contributed by atoms with Gasteiger partial charge in [-0.2, -0.15) is 0 Å². The van der Waals surface area contributed by atoms with Gasteiger partial charge in [0, 0.05) is 0 Å². The van der Waals surface area contributed by atoms with Crippen LogP contribution in [0.25, 0.3) is 0 Å². The molecule has 0 atom stereocenters. The molecular formula is C9H19O. The molecule has 0 aromatic carbocycles. The zero-order valence-electron chi connectivity index (χ0n) is 7.44. The van der Waals surface area contributed by atoms with Crippen LogP contribution in [0.15, 0.2) is 0 Å². The minimum Gasteiger partial charge on any atom is -0.237 e. The largest absolute Gasteiger partial charge is 0.237 e. The van der Waals surface area contributed by atoms with Gasteiger partial charge >= 0.3 is 0 Å². The minimum absolute atomic E-state index is 0.0928. The quantitative estimate of drug-likeness (QED) is 0.563. The molecule has 0 amide bonds. The second kappa shape index (κ2) is 4.73. The molecular weight excluding hydrogens is 124 g/mol. The van der Waals surface area contributed by atoms with Crippen LogP contribution in [-0.4, -0.2) is 6.61 Å². The average molecular weight is 143 g/mol. The Morgan fingerprint density at radius 2 is 1.40 bits per heavy atom. The first kappa shape index (κ1) is 9.96. The highest BCUT2D eigenvalue weighted by molar-refractivity contribution is 4.73. The molecule has 1 heteroatoms. The van der Waals surface area contributed by atoms with E-state index >= 15 is 0 Å². The summed E-state index contributed by atoms with van der Waals surface area (Å²) >= 11 is 0. The van der Waals surface area contributed by atoms with Gasteiger partial charge in [0.1, 0.15) is 0 Å². The van der Waals surface area contributed by atoms with Crippen molar-refractivity contribution in [2.45, 2.75) is 46.5 Å². The van der Waals surface area contributed by atoms with Crippen LogP contribution in [0.1, 0.15) is 46.5 Å². The third-order valence-electron chi connectivity index (χ3n) is 2.88. The Balaban J connectivity index is 3.87. The fourth-order valence-corrected chi connectivity index (χ4v) is 1.50. The zero-order valence-corrected chi connectivity index (χ0v) is 7.44. The van der Waals surface area contributed by atoms with Crippen LogP contribution in [-0.2, 0) is 5.11 Å². The molecule has 0 aromatic rings. The van der Waals surface area contributed by atoms with E-state index in [0.717, 1.165) is 25.7 Å². The molecule has 61 valence electrons. The molecule has 0 aromatic heterocycles. The van der Waals surface area contributed by atoms with Crippen LogP contribution in [0.4, 0.5) is 0 Å². The molecule has 0 aliphatic heterocycles. The van der Waals surface area contributed by atoms with Gasteiger partial charge in [0.2, 0.25) is 0 Å². The van der Waals surface area contributed by atoms with Crippen LogP contribution < -0.4 is 0 Å². The minimum atomic E-state index is 0.0928. The van der Waals surface area contributed by atoms with Crippen molar-refractivity contribution in [2.75, 3.05) is 6.61 Å². The van der Waals surface area contributed by atoms with Crippen LogP contribution in [0, 0.1) is 5.41 Å². The molecule has 0 fully saturated rings. The fraction of sp³-hybridized carbons (Fsp3) is 1.00. The van der Waals surface area contributed by atoms with E-state index in [1.165, 1.54) is 0 Å². The summed E-state index contributed by atoms with van der Waals surface area (Å²) < 4.78 is 0. The first-order valence-electron chi connectivity index (χ1n) is 4.32. The molecule has 0 rings (SSSR count). The van der Waals surface area contributed by atoms with Gasteiger partial charge in [-0.05, 0) is 11.8 Å². The third kappa shape index (κ3) is 2.30. The average Bonchev–Trinajstić information content (AvgIpc) is 2.01. The maximum absolute atomic E-state index is 10.4. The van der Waals surface area contributed by atoms with Crippen LogP contribution >= 0.6 is 0 Å². The van der Waals surface area contributed by atoms with Gasteiger partial charge in [-0.15, -0.1) is 0 Å². The maximum atomic E-state index is 10.4. The summed E-state index contributed by atoms with van der Waals surface area (Å²) in [7, 11) is 0. The molecule has 0 aliphatic rings. The Kier molecular flexibility index (Phi) is 4.71. The first-order chi connectivity index (χ1) is 4.74. The number of rotatable bonds is 5. The third-order valence-corrected chi connectivity index (χ3v) is 2.88. The molecule has 0 N–H and O–H groups in total. The van der Waals surface area contributed by atoms with Gasteiger partial charge in [0.05, 0.1) is 6.61 Å². The van der Waals surface area contributed by atoms with E-state index in [4.69, 9.17) is 0 Å². The number of hydrogen-bond donors (Lipinski definition) is 0. The molecule has 1 radical (unpaired) electrons. The Hall–Kier alpha value is -0.0400. The zero-order chi connectivity index (χ0) is 8.04. The summed E-state index contributed by atoms with van der Waals surface area (Å²) in [5.41, 5.74) is 0.363. The molecule has 0 aliphatic carbocycles. The Labute approximate surface area is 64.5 Å². The topological polar surface area (TPSA) is 19.9 Å². The predicted molar refractivity (Wildman–Crippen MR) is 43.5 cm³/mol. The van der Waals surface area contributed by atoms with E-state index in [-0.39, 0.29) is 6.61 Å². The van der Waals surface area contributed by atoms with Gasteiger partial charge in [0.15, 0.2) is 0 Å². The van der Waals surface area contributed by atoms with Gasteiger partial charge < -0.3 is 0 Å². The summed E-state index contributed by atoms with van der Waals surface area (Å²) in [5.74, 6) is 0. The summed E-state index contributed by atoms with van der Waals surface area (Å²) in [4.78, 5) is 0. The van der Waals surface area contributed by atoms with E-state index in [1.54, 1.807) is 0 Å². The van der Waals surface area contributed by atoms with Gasteiger partial charge in [-0.25, -0.2) is 5.11 Å². The van der Waals surface area contributed by atoms with Crippen molar-refractivity contribution in [1.29, 1.82) is 0 Å². The molecule has 0 saturated carbocycles. The summed E-state index contributed by atoms with van der Waals surface area (Å²) in [6.07, 6.45) is 4.32. The van der Waals surface area contributed by atoms with Crippen molar-refractivity contribution < 1.29 is 5.11 Å². The Morgan fingerprint density at radius 1 is 1.00 bits per heavy atom. The van der Waals surface area contributed by atoms with Crippen molar-refractivity contribution in [2.24, 2.45) is 5.41 Å². The Bertz CT molecular complexity index is 66.5. The smallest absolute Gasteiger partial charge is 0.0827 e. The van der Waals surface area contributed by atoms with Gasteiger partial charge in [-0.3, -0.25) is 0 Å². The number of hydrogen-bond acceptors (Lipinski definition) is 0. The Morgan fingerprint density at radius 3 is 1.50 bits per heavy atom. The highest BCUT2D eigenvalue weighted by Gasteiger charge is 2.22. The lowest BCUT2D eigenvalue weighted by atomic mass is 9.77. The standard InChI is InChI=1S/C9H19O/c1-4-9(5-2,6-3)7-8-10/h4-8H2,1-3H3. The second-order valence-electron chi connectivity index (χ2n) is 3.01. The summed E-state index contributed by atoms with van der Waals surface area (Å²) in [5, 5.41) is 10.4. The van der Waals surface area contributed by atoms with E-state index in [1.807, 2.05) is 0 Å². The highest BCUT2D eigenvalue weighted by atomic mass is 16.3. The van der Waals surface area contributed by atoms with E-state index < -0.39 is 0 Å². The van der Waals surface area contributed by atoms with Crippen molar-refractivity contribution in [1.82, 2.24) is 0 Å². The van der Waals surface area contributed by atoms with E-state index in [0.29, 0.717) is 5.41 Å². The molecule has 0 saturated heterocycles. The molecule has 10 heavy (non-hydrogen) atoms. The fourth-order valence-electron chi connectivity index (χ4n) is 1.50. The van der Waals surface area contributed by atoms with Crippen LogP contribution in [0.2, 0.25) is 0 Å². The molecule has 0 unspecified atom stereocenters. The molecule has 0 spiro atoms. The summed E-state index contributed by atoms with van der Waals surface area (Å²) in [6.45, 7) is 6.64. The molecule has 1 nitrogen and oxygen atoms in total. The van der Waals surface area contributed by atoms with E-state index in [9.17, 15) is 5.11 Å². The molecule has 0 bridgehead atoms. The normalized spacial score (nSPS) is 12.0. The SMILES string of the molecule is CCC(CC)(CC)CC[O]. The van der Waals surface area contributed by atoms with Gasteiger partial charge in [0.25, 0.3) is 0 Å². The van der Waals surface area contributed by atoms with Crippen LogP contribution in [0.3, 0.4) is 0 Å². The first-order valence-corrected chi connectivity index (χ1v) is 4.32. The predicted octanol–water partition coefficient (Wildman–Crippen LogP) is 3.02. The maximum Gasteiger partial charge on any atom is 0.0827 e. The van der Waals surface area contributed by atoms with Crippen molar-refractivity contribution in [3.8, 4) is 0 Å². The van der Waals surface area contributed by atoms with E-state index in [2.05, 4.69) is 20.8 Å². The monoisotopic (exact) mass is 143 g/mol.